The Hall–Kier alpha value is -1.69. The van der Waals surface area contributed by atoms with Crippen molar-refractivity contribution in [2.24, 2.45) is 5.73 Å². The van der Waals surface area contributed by atoms with Gasteiger partial charge in [0.2, 0.25) is 0 Å². The van der Waals surface area contributed by atoms with E-state index in [1.54, 1.807) is 6.07 Å². The average Bonchev–Trinajstić information content (AvgIpc) is 2.16. The molecule has 0 saturated carbocycles. The zero-order valence-electron chi connectivity index (χ0n) is 7.39. The second-order valence-corrected chi connectivity index (χ2v) is 2.95. The van der Waals surface area contributed by atoms with E-state index in [0.717, 1.165) is 0 Å². The van der Waals surface area contributed by atoms with E-state index in [-0.39, 0.29) is 16.4 Å². The topological polar surface area (TPSA) is 78.4 Å². The number of methoxy groups -OCH3 is 1. The Kier molecular flexibility index (Phi) is 2.98. The van der Waals surface area contributed by atoms with E-state index >= 15 is 0 Å². The molecule has 0 radical (unpaired) electrons. The van der Waals surface area contributed by atoms with Crippen LogP contribution in [0.15, 0.2) is 18.2 Å². The van der Waals surface area contributed by atoms with Crippen LogP contribution in [0.2, 0.25) is 0 Å². The van der Waals surface area contributed by atoms with Crippen molar-refractivity contribution >= 4 is 22.9 Å². The lowest BCUT2D eigenvalue weighted by molar-refractivity contribution is -0.385. The fourth-order valence-corrected chi connectivity index (χ4v) is 1.11. The van der Waals surface area contributed by atoms with Crippen LogP contribution in [0.3, 0.4) is 0 Å². The van der Waals surface area contributed by atoms with Crippen LogP contribution in [-0.2, 0) is 0 Å². The average molecular weight is 212 g/mol. The Morgan fingerprint density at radius 2 is 2.29 bits per heavy atom. The second-order valence-electron chi connectivity index (χ2n) is 2.51. The van der Waals surface area contributed by atoms with Gasteiger partial charge in [-0.05, 0) is 12.1 Å². The first-order valence-electron chi connectivity index (χ1n) is 3.68. The molecule has 0 aliphatic rings. The van der Waals surface area contributed by atoms with Crippen molar-refractivity contribution in [1.29, 1.82) is 0 Å². The molecule has 1 rings (SSSR count). The number of nitro groups is 1. The van der Waals surface area contributed by atoms with E-state index in [2.05, 4.69) is 0 Å². The van der Waals surface area contributed by atoms with Gasteiger partial charge in [0.1, 0.15) is 4.99 Å². The minimum absolute atomic E-state index is 0.121. The number of ether oxygens (including phenoxy) is 1. The van der Waals surface area contributed by atoms with Gasteiger partial charge in [0, 0.05) is 11.6 Å². The Balaban J connectivity index is 3.27. The fraction of sp³-hybridized carbons (Fsp3) is 0.125. The number of rotatable bonds is 3. The molecule has 0 aliphatic heterocycles. The van der Waals surface area contributed by atoms with Crippen LogP contribution in [0.5, 0.6) is 5.75 Å². The predicted octanol–water partition coefficient (Wildman–Crippen LogP) is 1.24. The quantitative estimate of drug-likeness (QED) is 0.463. The predicted molar refractivity (Wildman–Crippen MR) is 55.5 cm³/mol. The highest BCUT2D eigenvalue weighted by atomic mass is 32.1. The van der Waals surface area contributed by atoms with Gasteiger partial charge in [-0.25, -0.2) is 0 Å². The summed E-state index contributed by atoms with van der Waals surface area (Å²) in [5, 5.41) is 10.6. The van der Waals surface area contributed by atoms with Crippen LogP contribution < -0.4 is 10.5 Å². The molecule has 0 atom stereocenters. The summed E-state index contributed by atoms with van der Waals surface area (Å²) in [6, 6.07) is 4.34. The van der Waals surface area contributed by atoms with Gasteiger partial charge in [-0.15, -0.1) is 0 Å². The molecule has 0 bridgehead atoms. The van der Waals surface area contributed by atoms with Crippen molar-refractivity contribution in [3.05, 3.63) is 33.9 Å². The van der Waals surface area contributed by atoms with E-state index < -0.39 is 4.92 Å². The van der Waals surface area contributed by atoms with E-state index in [9.17, 15) is 10.1 Å². The molecular formula is C8H8N2O3S. The normalized spacial score (nSPS) is 9.50. The van der Waals surface area contributed by atoms with E-state index in [4.69, 9.17) is 22.7 Å². The molecule has 0 aliphatic carbocycles. The Morgan fingerprint density at radius 3 is 2.71 bits per heavy atom. The summed E-state index contributed by atoms with van der Waals surface area (Å²) in [5.41, 5.74) is 5.65. The zero-order chi connectivity index (χ0) is 10.7. The molecule has 14 heavy (non-hydrogen) atoms. The summed E-state index contributed by atoms with van der Waals surface area (Å²) in [7, 11) is 1.36. The van der Waals surface area contributed by atoms with Gasteiger partial charge in [-0.2, -0.15) is 0 Å². The maximum atomic E-state index is 10.6. The first-order chi connectivity index (χ1) is 6.56. The number of hydrogen-bond donors (Lipinski definition) is 1. The minimum atomic E-state index is -0.541. The lowest BCUT2D eigenvalue weighted by Crippen LogP contribution is -2.09. The van der Waals surface area contributed by atoms with Gasteiger partial charge in [0.05, 0.1) is 12.0 Å². The number of nitrogens with two attached hydrogens (primary N) is 1. The van der Waals surface area contributed by atoms with Gasteiger partial charge in [-0.3, -0.25) is 10.1 Å². The van der Waals surface area contributed by atoms with E-state index in [1.165, 1.54) is 19.2 Å². The van der Waals surface area contributed by atoms with Gasteiger partial charge in [-0.1, -0.05) is 12.2 Å². The van der Waals surface area contributed by atoms with Crippen LogP contribution in [0.4, 0.5) is 5.69 Å². The molecular weight excluding hydrogens is 204 g/mol. The Bertz CT molecular complexity index is 392. The summed E-state index contributed by atoms with van der Waals surface area (Å²) < 4.78 is 4.82. The number of nitro benzene ring substituents is 1. The third-order valence-electron chi connectivity index (χ3n) is 1.66. The van der Waals surface area contributed by atoms with Crippen LogP contribution in [0.25, 0.3) is 0 Å². The van der Waals surface area contributed by atoms with Crippen LogP contribution in [-0.4, -0.2) is 17.0 Å². The van der Waals surface area contributed by atoms with Crippen molar-refractivity contribution < 1.29 is 9.66 Å². The SMILES string of the molecule is COc1ccc(C(N)=S)cc1[N+](=O)[O-]. The molecule has 0 saturated heterocycles. The molecule has 6 heteroatoms. The van der Waals surface area contributed by atoms with E-state index in [1.807, 2.05) is 0 Å². The molecule has 1 aromatic rings. The molecule has 1 aromatic carbocycles. The van der Waals surface area contributed by atoms with Crippen molar-refractivity contribution in [3.63, 3.8) is 0 Å². The summed E-state index contributed by atoms with van der Waals surface area (Å²) in [4.78, 5) is 10.2. The zero-order valence-corrected chi connectivity index (χ0v) is 8.21. The van der Waals surface area contributed by atoms with Crippen molar-refractivity contribution in [1.82, 2.24) is 0 Å². The lowest BCUT2D eigenvalue weighted by atomic mass is 10.2. The monoisotopic (exact) mass is 212 g/mol. The van der Waals surface area contributed by atoms with Crippen molar-refractivity contribution in [2.75, 3.05) is 7.11 Å². The molecule has 0 unspecified atom stereocenters. The molecule has 0 spiro atoms. The van der Waals surface area contributed by atoms with Crippen LogP contribution in [0, 0.1) is 10.1 Å². The first kappa shape index (κ1) is 10.4. The standard InChI is InChI=1S/C8H8N2O3S/c1-13-7-3-2-5(8(9)14)4-6(7)10(11)12/h2-4H,1H3,(H2,9,14). The molecule has 2 N–H and O–H groups in total. The molecule has 0 amide bonds. The lowest BCUT2D eigenvalue weighted by Gasteiger charge is -2.03. The maximum absolute atomic E-state index is 10.6. The molecule has 0 fully saturated rings. The van der Waals surface area contributed by atoms with Crippen LogP contribution >= 0.6 is 12.2 Å². The number of nitrogens with zero attached hydrogens (tertiary/aromatic N) is 1. The largest absolute Gasteiger partial charge is 0.490 e. The van der Waals surface area contributed by atoms with Crippen molar-refractivity contribution in [3.8, 4) is 5.75 Å². The summed E-state index contributed by atoms with van der Waals surface area (Å²) in [6.07, 6.45) is 0. The van der Waals surface area contributed by atoms with Gasteiger partial charge < -0.3 is 10.5 Å². The van der Waals surface area contributed by atoms with Crippen molar-refractivity contribution in [2.45, 2.75) is 0 Å². The molecule has 0 aromatic heterocycles. The molecule has 74 valence electrons. The Morgan fingerprint density at radius 1 is 1.64 bits per heavy atom. The highest BCUT2D eigenvalue weighted by Crippen LogP contribution is 2.27. The van der Waals surface area contributed by atoms with Gasteiger partial charge in [0.15, 0.2) is 5.75 Å². The first-order valence-corrected chi connectivity index (χ1v) is 4.09. The molecule has 0 heterocycles. The highest BCUT2D eigenvalue weighted by Gasteiger charge is 2.15. The fourth-order valence-electron chi connectivity index (χ4n) is 0.986. The summed E-state index contributed by atoms with van der Waals surface area (Å²) >= 11 is 4.70. The maximum Gasteiger partial charge on any atom is 0.311 e. The number of benzene rings is 1. The van der Waals surface area contributed by atoms with Crippen LogP contribution in [0.1, 0.15) is 5.56 Å². The van der Waals surface area contributed by atoms with Gasteiger partial charge in [0.25, 0.3) is 0 Å². The number of thiocarbonyl (C=S) groups is 1. The highest BCUT2D eigenvalue weighted by molar-refractivity contribution is 7.80. The third kappa shape index (κ3) is 1.97. The second kappa shape index (κ2) is 4.01. The minimum Gasteiger partial charge on any atom is -0.490 e. The number of hydrogen-bond acceptors (Lipinski definition) is 4. The smallest absolute Gasteiger partial charge is 0.311 e. The summed E-state index contributed by atoms with van der Waals surface area (Å²) in [6.45, 7) is 0. The Labute approximate surface area is 85.6 Å². The molecule has 5 nitrogen and oxygen atoms in total. The third-order valence-corrected chi connectivity index (χ3v) is 1.90. The van der Waals surface area contributed by atoms with E-state index in [0.29, 0.717) is 5.56 Å². The van der Waals surface area contributed by atoms with Gasteiger partial charge >= 0.3 is 5.69 Å². The summed E-state index contributed by atoms with van der Waals surface area (Å²) in [5.74, 6) is 0.190.